The van der Waals surface area contributed by atoms with Gasteiger partial charge in [-0.3, -0.25) is 0 Å². The molecule has 0 saturated carbocycles. The third-order valence-corrected chi connectivity index (χ3v) is 13.9. The second-order valence-corrected chi connectivity index (χ2v) is 22.6. The maximum Gasteiger partial charge on any atom is 1.00 e. The molecule has 0 spiro atoms. The smallest absolute Gasteiger partial charge is 0.544 e. The molecule has 1 aliphatic carbocycles. The second kappa shape index (κ2) is 14.3. The molecule has 0 amide bonds. The Morgan fingerprint density at radius 2 is 1.37 bits per heavy atom. The minimum absolute atomic E-state index is 0. The van der Waals surface area contributed by atoms with Gasteiger partial charge in [0.2, 0.25) is 8.32 Å². The van der Waals surface area contributed by atoms with Crippen molar-refractivity contribution in [3.05, 3.63) is 133 Å². The van der Waals surface area contributed by atoms with Crippen LogP contribution in [-0.4, -0.2) is 13.3 Å². The van der Waals surface area contributed by atoms with Gasteiger partial charge in [-0.2, -0.15) is 0 Å². The molecule has 8 aromatic rings. The number of aromatic nitrogens is 1. The van der Waals surface area contributed by atoms with Crippen LogP contribution in [0.1, 0.15) is 51.2 Å². The van der Waals surface area contributed by atoms with Crippen LogP contribution in [-0.2, 0) is 5.41 Å². The van der Waals surface area contributed by atoms with Gasteiger partial charge in [0.25, 0.3) is 0 Å². The first-order valence-electron chi connectivity index (χ1n) is 18.9. The van der Waals surface area contributed by atoms with Crippen LogP contribution in [0.15, 0.2) is 115 Å². The summed E-state index contributed by atoms with van der Waals surface area (Å²) >= 11 is 3.78. The van der Waals surface area contributed by atoms with Crippen LogP contribution in [0.3, 0.4) is 0 Å². The zero-order chi connectivity index (χ0) is 36.5. The van der Waals surface area contributed by atoms with Crippen molar-refractivity contribution >= 4 is 62.8 Å². The largest absolute Gasteiger partial charge is 1.00 e. The quantitative estimate of drug-likeness (QED) is 0.0833. The van der Waals surface area contributed by atoms with Gasteiger partial charge in [0.15, 0.2) is 0 Å². The zero-order valence-electron chi connectivity index (χ0n) is 32.3. The van der Waals surface area contributed by atoms with Crippen molar-refractivity contribution in [1.82, 2.24) is 4.98 Å². The number of nitrogens with zero attached hydrogens (tertiary/aromatic N) is 1. The van der Waals surface area contributed by atoms with Gasteiger partial charge in [-0.15, -0.1) is 52.3 Å². The molecule has 54 heavy (non-hydrogen) atoms. The summed E-state index contributed by atoms with van der Waals surface area (Å²) in [4.78, 5) is 8.71. The van der Waals surface area contributed by atoms with E-state index in [1.54, 1.807) is 0 Å². The van der Waals surface area contributed by atoms with Crippen molar-refractivity contribution in [3.8, 4) is 48.2 Å². The van der Waals surface area contributed by atoms with Crippen LogP contribution < -0.4 is 23.3 Å². The number of benzene rings is 5. The fraction of sp³-hybridized carbons (Fsp3) is 0.229. The minimum atomic E-state index is -1.64. The van der Waals surface area contributed by atoms with Crippen molar-refractivity contribution < 1.29 is 23.3 Å². The van der Waals surface area contributed by atoms with E-state index in [0.717, 1.165) is 35.9 Å². The molecule has 0 N–H and O–H groups in total. The SMILES string of the molecule is CCCC1(CC(C)C)c2cc(-c3ccc(-c4ccc(O[Si](C)(C)C)cc4)s3)ccc2-c2ccc(-c3cc4c5cccnc5c5[c-]cccc5c4s3)cc21.[Li+]. The van der Waals surface area contributed by atoms with Crippen molar-refractivity contribution in [2.45, 2.75) is 65.1 Å². The van der Waals surface area contributed by atoms with Gasteiger partial charge < -0.3 is 9.41 Å². The second-order valence-electron chi connectivity index (χ2n) is 16.1. The van der Waals surface area contributed by atoms with Gasteiger partial charge in [0, 0.05) is 30.9 Å². The predicted octanol–water partition coefficient (Wildman–Crippen LogP) is 11.8. The van der Waals surface area contributed by atoms with Gasteiger partial charge in [0.05, 0.1) is 0 Å². The van der Waals surface area contributed by atoms with E-state index in [9.17, 15) is 0 Å². The van der Waals surface area contributed by atoms with Gasteiger partial charge in [-0.25, -0.2) is 0 Å². The van der Waals surface area contributed by atoms with Crippen LogP contribution in [0.4, 0.5) is 0 Å². The van der Waals surface area contributed by atoms with E-state index >= 15 is 0 Å². The Morgan fingerprint density at radius 3 is 2.04 bits per heavy atom. The first kappa shape index (κ1) is 37.0. The van der Waals surface area contributed by atoms with Crippen LogP contribution >= 0.6 is 22.7 Å². The molecular weight excluding hydrogens is 706 g/mol. The molecule has 3 aromatic heterocycles. The molecular formula is C48H44LiNOS2Si. The maximum absolute atomic E-state index is 6.22. The maximum atomic E-state index is 6.22. The minimum Gasteiger partial charge on any atom is -0.544 e. The molecule has 6 heteroatoms. The zero-order valence-corrected chi connectivity index (χ0v) is 35.0. The molecule has 3 heterocycles. The molecule has 9 rings (SSSR count). The summed E-state index contributed by atoms with van der Waals surface area (Å²) in [6, 6.07) is 44.3. The summed E-state index contributed by atoms with van der Waals surface area (Å²) in [6.07, 6.45) is 5.28. The Kier molecular flexibility index (Phi) is 9.78. The topological polar surface area (TPSA) is 22.1 Å². The van der Waals surface area contributed by atoms with E-state index in [2.05, 4.69) is 150 Å². The first-order chi connectivity index (χ1) is 25.6. The number of hydrogen-bond acceptors (Lipinski definition) is 4. The summed E-state index contributed by atoms with van der Waals surface area (Å²) in [5.74, 6) is 1.52. The van der Waals surface area contributed by atoms with Crippen LogP contribution in [0, 0.1) is 12.0 Å². The number of hydrogen-bond donors (Lipinski definition) is 0. The van der Waals surface area contributed by atoms with E-state index < -0.39 is 8.32 Å². The van der Waals surface area contributed by atoms with Crippen LogP contribution in [0.25, 0.3) is 74.2 Å². The average molecular weight is 750 g/mol. The van der Waals surface area contributed by atoms with E-state index in [4.69, 9.17) is 9.41 Å². The third-order valence-electron chi connectivity index (χ3n) is 10.7. The Bertz CT molecular complexity index is 2590. The normalized spacial score (nSPS) is 15.2. The van der Waals surface area contributed by atoms with E-state index in [-0.39, 0.29) is 24.3 Å². The van der Waals surface area contributed by atoms with Crippen LogP contribution in [0.2, 0.25) is 19.6 Å². The summed E-state index contributed by atoms with van der Waals surface area (Å²) in [7, 11) is -1.64. The fourth-order valence-electron chi connectivity index (χ4n) is 8.78. The summed E-state index contributed by atoms with van der Waals surface area (Å²) in [6.45, 7) is 13.8. The first-order valence-corrected chi connectivity index (χ1v) is 24.0. The molecule has 0 bridgehead atoms. The molecule has 2 nitrogen and oxygen atoms in total. The van der Waals surface area contributed by atoms with Gasteiger partial charge in [0.1, 0.15) is 5.75 Å². The molecule has 1 aliphatic rings. The molecule has 1 atom stereocenters. The van der Waals surface area contributed by atoms with Gasteiger partial charge >= 0.3 is 18.9 Å². The summed E-state index contributed by atoms with van der Waals surface area (Å²) in [5.41, 5.74) is 10.6. The van der Waals surface area contributed by atoms with E-state index in [0.29, 0.717) is 5.92 Å². The van der Waals surface area contributed by atoms with Crippen molar-refractivity contribution in [2.24, 2.45) is 5.92 Å². The Morgan fingerprint density at radius 1 is 0.722 bits per heavy atom. The average Bonchev–Trinajstić information content (AvgIpc) is 3.88. The van der Waals surface area contributed by atoms with E-state index in [1.807, 2.05) is 34.9 Å². The molecule has 0 saturated heterocycles. The number of thiophene rings is 2. The standard InChI is InChI=1S/C48H44NOS2Si.Li/c1-7-24-48(29-30(2)3)41-26-32(44-23-22-43(51-44)31-14-18-34(19-15-31)50-53(4,5)6)16-20-35(41)36-21-17-33(27-42(36)48)45-28-40-38-13-10-25-49-46(38)37-11-8-9-12-39(37)47(40)52-45;/h8-10,12-23,25-28,30H,7,24,29H2,1-6H3;/q-1;+1. The van der Waals surface area contributed by atoms with Gasteiger partial charge in [-0.05, 0) is 154 Å². The molecule has 0 aliphatic heterocycles. The number of fused-ring (bicyclic) bond motifs is 9. The summed E-state index contributed by atoms with van der Waals surface area (Å²) in [5, 5.41) is 4.81. The molecule has 0 fully saturated rings. The van der Waals surface area contributed by atoms with Crippen LogP contribution in [0.5, 0.6) is 5.75 Å². The predicted molar refractivity (Wildman–Crippen MR) is 232 cm³/mol. The van der Waals surface area contributed by atoms with Crippen molar-refractivity contribution in [3.63, 3.8) is 0 Å². The van der Waals surface area contributed by atoms with Crippen molar-refractivity contribution in [1.29, 1.82) is 0 Å². The fourth-order valence-corrected chi connectivity index (χ4v) is 11.8. The number of rotatable bonds is 9. The molecule has 1 unspecified atom stereocenters. The Hall–Kier alpha value is -3.96. The number of pyridine rings is 1. The van der Waals surface area contributed by atoms with Gasteiger partial charge in [-0.1, -0.05) is 62.9 Å². The summed E-state index contributed by atoms with van der Waals surface area (Å²) < 4.78 is 7.53. The Balaban J connectivity index is 0.00000413. The monoisotopic (exact) mass is 749 g/mol. The molecule has 5 aromatic carbocycles. The third kappa shape index (κ3) is 6.39. The Labute approximate surface area is 340 Å². The molecule has 0 radical (unpaired) electrons. The van der Waals surface area contributed by atoms with E-state index in [1.165, 1.54) is 74.4 Å². The van der Waals surface area contributed by atoms with Crippen molar-refractivity contribution in [2.75, 3.05) is 0 Å². The molecule has 264 valence electrons.